The molecule has 17 heavy (non-hydrogen) atoms. The van der Waals surface area contributed by atoms with Crippen molar-refractivity contribution in [3.05, 3.63) is 16.6 Å². The van der Waals surface area contributed by atoms with Crippen LogP contribution in [0.4, 0.5) is 0 Å². The van der Waals surface area contributed by atoms with Crippen LogP contribution in [0.2, 0.25) is 0 Å². The van der Waals surface area contributed by atoms with E-state index in [0.29, 0.717) is 18.2 Å². The van der Waals surface area contributed by atoms with Gasteiger partial charge in [-0.05, 0) is 12.8 Å². The zero-order valence-corrected chi connectivity index (χ0v) is 11.3. The Hall–Kier alpha value is -0.490. The highest BCUT2D eigenvalue weighted by molar-refractivity contribution is 7.09. The van der Waals surface area contributed by atoms with Crippen molar-refractivity contribution in [2.24, 2.45) is 0 Å². The molecule has 0 bridgehead atoms. The van der Waals surface area contributed by atoms with Gasteiger partial charge in [-0.25, -0.2) is 4.98 Å². The highest BCUT2D eigenvalue weighted by Gasteiger charge is 2.24. The molecular formula is C12H21N3OS. The summed E-state index contributed by atoms with van der Waals surface area (Å²) >= 11 is 1.72. The normalized spacial score (nSPS) is 26.2. The Balaban J connectivity index is 1.77. The van der Waals surface area contributed by atoms with E-state index in [0.717, 1.165) is 25.9 Å². The lowest BCUT2D eigenvalue weighted by Crippen LogP contribution is -2.35. The lowest BCUT2D eigenvalue weighted by molar-refractivity contribution is 0.117. The molecule has 1 aliphatic rings. The number of aromatic nitrogens is 1. The van der Waals surface area contributed by atoms with Crippen molar-refractivity contribution in [2.45, 2.75) is 38.0 Å². The van der Waals surface area contributed by atoms with Crippen molar-refractivity contribution >= 4 is 11.3 Å². The quantitative estimate of drug-likeness (QED) is 0.810. The van der Waals surface area contributed by atoms with E-state index in [1.807, 2.05) is 11.6 Å². The second-order valence-corrected chi connectivity index (χ2v) is 5.36. The fraction of sp³-hybridized carbons (Fsp3) is 0.750. The molecule has 1 aromatic rings. The van der Waals surface area contributed by atoms with Gasteiger partial charge in [0.05, 0.1) is 12.1 Å². The number of nitrogens with one attached hydrogen (secondary N) is 2. The fourth-order valence-electron chi connectivity index (χ4n) is 2.21. The standard InChI is InChI=1S/C12H21N3OS/c1-3-11(12-13-4-5-17-12)15-7-9-6-10(16-2)8-14-9/h4-5,9-11,14-15H,3,6-8H2,1-2H3. The van der Waals surface area contributed by atoms with Crippen molar-refractivity contribution in [3.8, 4) is 0 Å². The first-order valence-corrected chi connectivity index (χ1v) is 7.10. The Labute approximate surface area is 107 Å². The van der Waals surface area contributed by atoms with Crippen LogP contribution in [-0.4, -0.2) is 37.3 Å². The second kappa shape index (κ2) is 6.44. The Bertz CT molecular complexity index is 318. The first-order chi connectivity index (χ1) is 8.33. The maximum absolute atomic E-state index is 5.35. The number of rotatable bonds is 6. The van der Waals surface area contributed by atoms with Crippen LogP contribution in [0.5, 0.6) is 0 Å². The van der Waals surface area contributed by atoms with Gasteiger partial charge in [0, 0.05) is 37.8 Å². The molecule has 0 aliphatic carbocycles. The average molecular weight is 255 g/mol. The molecule has 0 radical (unpaired) electrons. The van der Waals surface area contributed by atoms with E-state index in [-0.39, 0.29) is 0 Å². The molecule has 1 aliphatic heterocycles. The summed E-state index contributed by atoms with van der Waals surface area (Å²) in [5, 5.41) is 10.3. The molecular weight excluding hydrogens is 234 g/mol. The summed E-state index contributed by atoms with van der Waals surface area (Å²) in [4.78, 5) is 4.37. The van der Waals surface area contributed by atoms with Crippen LogP contribution in [0.15, 0.2) is 11.6 Å². The van der Waals surface area contributed by atoms with Crippen molar-refractivity contribution in [3.63, 3.8) is 0 Å². The molecule has 0 aromatic carbocycles. The third-order valence-corrected chi connectivity index (χ3v) is 4.17. The van der Waals surface area contributed by atoms with E-state index in [2.05, 4.69) is 22.5 Å². The topological polar surface area (TPSA) is 46.2 Å². The highest BCUT2D eigenvalue weighted by atomic mass is 32.1. The molecule has 3 atom stereocenters. The number of thiazole rings is 1. The lowest BCUT2D eigenvalue weighted by Gasteiger charge is -2.18. The van der Waals surface area contributed by atoms with Crippen LogP contribution in [0, 0.1) is 0 Å². The maximum Gasteiger partial charge on any atom is 0.109 e. The van der Waals surface area contributed by atoms with Gasteiger partial charge >= 0.3 is 0 Å². The molecule has 3 unspecified atom stereocenters. The molecule has 5 heteroatoms. The predicted molar refractivity (Wildman–Crippen MR) is 70.4 cm³/mol. The Morgan fingerprint density at radius 3 is 3.18 bits per heavy atom. The minimum absolute atomic E-state index is 0.377. The number of ether oxygens (including phenoxy) is 1. The molecule has 1 fully saturated rings. The predicted octanol–water partition coefficient (Wildman–Crippen LogP) is 1.56. The van der Waals surface area contributed by atoms with Gasteiger partial charge in [0.1, 0.15) is 5.01 Å². The summed E-state index contributed by atoms with van der Waals surface area (Å²) in [6, 6.07) is 0.910. The Kier molecular flexibility index (Phi) is 4.91. The highest BCUT2D eigenvalue weighted by Crippen LogP contribution is 2.19. The number of methoxy groups -OCH3 is 1. The summed E-state index contributed by atoms with van der Waals surface area (Å²) in [7, 11) is 1.78. The third kappa shape index (κ3) is 3.48. The second-order valence-electron chi connectivity index (χ2n) is 4.44. The van der Waals surface area contributed by atoms with Gasteiger partial charge in [-0.2, -0.15) is 0 Å². The van der Waals surface area contributed by atoms with Crippen LogP contribution >= 0.6 is 11.3 Å². The van der Waals surface area contributed by atoms with E-state index in [1.165, 1.54) is 5.01 Å². The van der Waals surface area contributed by atoms with Crippen molar-refractivity contribution in [2.75, 3.05) is 20.2 Å². The van der Waals surface area contributed by atoms with Gasteiger partial charge in [-0.15, -0.1) is 11.3 Å². The third-order valence-electron chi connectivity index (χ3n) is 3.28. The summed E-state index contributed by atoms with van der Waals surface area (Å²) < 4.78 is 5.35. The van der Waals surface area contributed by atoms with E-state index in [9.17, 15) is 0 Å². The monoisotopic (exact) mass is 255 g/mol. The van der Waals surface area contributed by atoms with Gasteiger partial charge in [0.15, 0.2) is 0 Å². The first kappa shape index (κ1) is 13.0. The molecule has 1 aromatic heterocycles. The number of nitrogens with zero attached hydrogens (tertiary/aromatic N) is 1. The van der Waals surface area contributed by atoms with Gasteiger partial charge in [0.2, 0.25) is 0 Å². The average Bonchev–Trinajstić information content (AvgIpc) is 3.00. The lowest BCUT2D eigenvalue weighted by atomic mass is 10.1. The zero-order valence-electron chi connectivity index (χ0n) is 10.5. The van der Waals surface area contributed by atoms with Crippen LogP contribution in [-0.2, 0) is 4.74 Å². The summed E-state index contributed by atoms with van der Waals surface area (Å²) in [5.74, 6) is 0. The maximum atomic E-state index is 5.35. The largest absolute Gasteiger partial charge is 0.380 e. The minimum Gasteiger partial charge on any atom is -0.380 e. The van der Waals surface area contributed by atoms with Crippen molar-refractivity contribution < 1.29 is 4.74 Å². The molecule has 1 saturated heterocycles. The van der Waals surface area contributed by atoms with Crippen molar-refractivity contribution in [1.82, 2.24) is 15.6 Å². The van der Waals surface area contributed by atoms with Gasteiger partial charge < -0.3 is 15.4 Å². The van der Waals surface area contributed by atoms with Crippen molar-refractivity contribution in [1.29, 1.82) is 0 Å². The Morgan fingerprint density at radius 2 is 2.59 bits per heavy atom. The van der Waals surface area contributed by atoms with Gasteiger partial charge in [-0.1, -0.05) is 6.92 Å². The first-order valence-electron chi connectivity index (χ1n) is 6.22. The fourth-order valence-corrected chi connectivity index (χ4v) is 3.01. The van der Waals surface area contributed by atoms with E-state index < -0.39 is 0 Å². The van der Waals surface area contributed by atoms with E-state index >= 15 is 0 Å². The van der Waals surface area contributed by atoms with Gasteiger partial charge in [0.25, 0.3) is 0 Å². The number of hydrogen-bond donors (Lipinski definition) is 2. The molecule has 0 saturated carbocycles. The zero-order chi connectivity index (χ0) is 12.1. The molecule has 96 valence electrons. The molecule has 4 nitrogen and oxygen atoms in total. The molecule has 0 amide bonds. The summed E-state index contributed by atoms with van der Waals surface area (Å²) in [6.45, 7) is 4.15. The van der Waals surface area contributed by atoms with Crippen LogP contribution in [0.25, 0.3) is 0 Å². The van der Waals surface area contributed by atoms with Crippen LogP contribution < -0.4 is 10.6 Å². The summed E-state index contributed by atoms with van der Waals surface area (Å²) in [5.41, 5.74) is 0. The number of hydrogen-bond acceptors (Lipinski definition) is 5. The Morgan fingerprint density at radius 1 is 1.71 bits per heavy atom. The summed E-state index contributed by atoms with van der Waals surface area (Å²) in [6.07, 6.45) is 4.42. The van der Waals surface area contributed by atoms with E-state index in [1.54, 1.807) is 18.4 Å². The van der Waals surface area contributed by atoms with Gasteiger partial charge in [-0.3, -0.25) is 0 Å². The van der Waals surface area contributed by atoms with Crippen LogP contribution in [0.3, 0.4) is 0 Å². The molecule has 2 N–H and O–H groups in total. The van der Waals surface area contributed by atoms with E-state index in [4.69, 9.17) is 4.74 Å². The molecule has 2 heterocycles. The molecule has 0 spiro atoms. The minimum atomic E-state index is 0.377. The van der Waals surface area contributed by atoms with Crippen LogP contribution in [0.1, 0.15) is 30.8 Å². The smallest absolute Gasteiger partial charge is 0.109 e. The SMILES string of the molecule is CCC(NCC1CC(OC)CN1)c1nccs1. The molecule has 2 rings (SSSR count).